The summed E-state index contributed by atoms with van der Waals surface area (Å²) in [6.45, 7) is 3.56. The van der Waals surface area contributed by atoms with Crippen LogP contribution >= 0.6 is 0 Å². The van der Waals surface area contributed by atoms with E-state index in [1.807, 2.05) is 0 Å². The molecule has 5 heteroatoms. The van der Waals surface area contributed by atoms with Crippen LogP contribution in [0.1, 0.15) is 20.3 Å². The third-order valence-corrected chi connectivity index (χ3v) is 3.10. The number of allylic oxidation sites excluding steroid dienone is 2. The van der Waals surface area contributed by atoms with Gasteiger partial charge in [0.15, 0.2) is 12.0 Å². The summed E-state index contributed by atoms with van der Waals surface area (Å²) < 4.78 is 5.04. The van der Waals surface area contributed by atoms with Gasteiger partial charge >= 0.3 is 5.97 Å². The van der Waals surface area contributed by atoms with Crippen molar-refractivity contribution >= 4 is 11.8 Å². The average molecular weight is 223 g/mol. The molecule has 1 N–H and O–H groups in total. The molecule has 1 unspecified atom stereocenters. The fourth-order valence-corrected chi connectivity index (χ4v) is 1.90. The van der Waals surface area contributed by atoms with Crippen molar-refractivity contribution < 1.29 is 19.4 Å². The second kappa shape index (κ2) is 3.45. The molecule has 5 nitrogen and oxygen atoms in total. The van der Waals surface area contributed by atoms with Crippen molar-refractivity contribution in [3.05, 3.63) is 22.6 Å². The Morgan fingerprint density at radius 2 is 2.00 bits per heavy atom. The fraction of sp³-hybridized carbons (Fsp3) is 0.455. The molecule has 86 valence electrons. The van der Waals surface area contributed by atoms with E-state index in [-0.39, 0.29) is 23.5 Å². The topological polar surface area (TPSA) is 66.8 Å². The normalized spacial score (nSPS) is 26.0. The minimum atomic E-state index is -1.03. The molecule has 2 heterocycles. The predicted octanol–water partition coefficient (Wildman–Crippen LogP) is 0.314. The van der Waals surface area contributed by atoms with E-state index in [1.54, 1.807) is 25.8 Å². The molecule has 2 aliphatic heterocycles. The number of nitrogens with zero attached hydrogens (tertiary/aromatic N) is 1. The van der Waals surface area contributed by atoms with Crippen molar-refractivity contribution in [2.45, 2.75) is 26.5 Å². The molecule has 0 saturated heterocycles. The average Bonchev–Trinajstić information content (AvgIpc) is 2.22. The number of carbonyl (C=O) groups is 2. The van der Waals surface area contributed by atoms with Crippen molar-refractivity contribution in [3.63, 3.8) is 0 Å². The summed E-state index contributed by atoms with van der Waals surface area (Å²) >= 11 is 0. The molecular weight excluding hydrogens is 210 g/mol. The number of rotatable bonds is 0. The highest BCUT2D eigenvalue weighted by Gasteiger charge is 2.38. The Balaban J connectivity index is 2.59. The van der Waals surface area contributed by atoms with Gasteiger partial charge in [-0.1, -0.05) is 0 Å². The minimum absolute atomic E-state index is 0.185. The number of ether oxygens (including phenoxy) is 1. The maximum Gasteiger partial charge on any atom is 0.319 e. The smallest absolute Gasteiger partial charge is 0.319 e. The first-order chi connectivity index (χ1) is 7.43. The van der Waals surface area contributed by atoms with Crippen LogP contribution in [0.3, 0.4) is 0 Å². The van der Waals surface area contributed by atoms with Gasteiger partial charge in [-0.05, 0) is 13.8 Å². The number of carbonyl (C=O) groups excluding carboxylic acids is 2. The number of hydrogen-bond donors (Lipinski definition) is 1. The lowest BCUT2D eigenvalue weighted by molar-refractivity contribution is -0.144. The van der Waals surface area contributed by atoms with Gasteiger partial charge < -0.3 is 14.7 Å². The predicted molar refractivity (Wildman–Crippen MR) is 54.9 cm³/mol. The molecule has 2 rings (SSSR count). The Labute approximate surface area is 93.0 Å². The number of likely N-dealkylation sites (N-methyl/N-ethyl adjacent to an activating group) is 1. The SMILES string of the molecule is CC1=C(C)N(C)C(O)C2=C1OC(=O)CC2=O. The zero-order chi connectivity index (χ0) is 12.0. The van der Waals surface area contributed by atoms with Crippen LogP contribution in [-0.4, -0.2) is 35.0 Å². The van der Waals surface area contributed by atoms with Gasteiger partial charge in [-0.25, -0.2) is 0 Å². The maximum absolute atomic E-state index is 11.7. The van der Waals surface area contributed by atoms with Crippen LogP contribution in [0.25, 0.3) is 0 Å². The van der Waals surface area contributed by atoms with Gasteiger partial charge in [0.2, 0.25) is 0 Å². The lowest BCUT2D eigenvalue weighted by Gasteiger charge is -2.36. The molecule has 0 fully saturated rings. The van der Waals surface area contributed by atoms with Gasteiger partial charge in [0, 0.05) is 18.3 Å². The zero-order valence-electron chi connectivity index (χ0n) is 9.40. The summed E-state index contributed by atoms with van der Waals surface area (Å²) in [4.78, 5) is 24.4. The van der Waals surface area contributed by atoms with E-state index in [1.165, 1.54) is 0 Å². The molecule has 2 aliphatic rings. The van der Waals surface area contributed by atoms with Crippen LogP contribution in [0, 0.1) is 0 Å². The Hall–Kier alpha value is -1.62. The van der Waals surface area contributed by atoms with Crippen molar-refractivity contribution in [2.24, 2.45) is 0 Å². The van der Waals surface area contributed by atoms with E-state index in [0.717, 1.165) is 5.70 Å². The monoisotopic (exact) mass is 223 g/mol. The lowest BCUT2D eigenvalue weighted by Crippen LogP contribution is -2.42. The van der Waals surface area contributed by atoms with Gasteiger partial charge in [-0.15, -0.1) is 0 Å². The Kier molecular flexibility index (Phi) is 2.35. The first-order valence-electron chi connectivity index (χ1n) is 5.00. The van der Waals surface area contributed by atoms with E-state index < -0.39 is 12.2 Å². The Morgan fingerprint density at radius 3 is 2.62 bits per heavy atom. The highest BCUT2D eigenvalue weighted by molar-refractivity contribution is 6.09. The fourth-order valence-electron chi connectivity index (χ4n) is 1.90. The highest BCUT2D eigenvalue weighted by Crippen LogP contribution is 2.34. The first-order valence-corrected chi connectivity index (χ1v) is 5.00. The Bertz CT molecular complexity index is 447. The van der Waals surface area contributed by atoms with Crippen molar-refractivity contribution in [1.82, 2.24) is 4.90 Å². The van der Waals surface area contributed by atoms with E-state index in [4.69, 9.17) is 4.74 Å². The van der Waals surface area contributed by atoms with Crippen molar-refractivity contribution in [2.75, 3.05) is 7.05 Å². The molecule has 0 spiro atoms. The van der Waals surface area contributed by atoms with Crippen LogP contribution in [0.4, 0.5) is 0 Å². The highest BCUT2D eigenvalue weighted by atomic mass is 16.5. The summed E-state index contributed by atoms with van der Waals surface area (Å²) in [5.74, 6) is -0.700. The van der Waals surface area contributed by atoms with Gasteiger partial charge in [0.1, 0.15) is 12.2 Å². The van der Waals surface area contributed by atoms with Gasteiger partial charge in [-0.2, -0.15) is 0 Å². The third kappa shape index (κ3) is 1.36. The summed E-state index contributed by atoms with van der Waals surface area (Å²) in [5, 5.41) is 9.94. The quantitative estimate of drug-likeness (QED) is 0.473. The number of aliphatic hydroxyl groups is 1. The Morgan fingerprint density at radius 1 is 1.38 bits per heavy atom. The molecule has 0 bridgehead atoms. The van der Waals surface area contributed by atoms with Gasteiger partial charge in [-0.3, -0.25) is 9.59 Å². The van der Waals surface area contributed by atoms with Crippen LogP contribution in [0.15, 0.2) is 22.6 Å². The minimum Gasteiger partial charge on any atom is -0.425 e. The van der Waals surface area contributed by atoms with E-state index >= 15 is 0 Å². The lowest BCUT2D eigenvalue weighted by atomic mass is 9.94. The number of hydrogen-bond acceptors (Lipinski definition) is 5. The number of ketones is 1. The van der Waals surface area contributed by atoms with Crippen LogP contribution in [-0.2, 0) is 14.3 Å². The number of Topliss-reactive ketones (excluding diaryl/α,β-unsaturated/α-hetero) is 1. The van der Waals surface area contributed by atoms with Crippen LogP contribution in [0.2, 0.25) is 0 Å². The maximum atomic E-state index is 11.7. The van der Waals surface area contributed by atoms with E-state index in [2.05, 4.69) is 0 Å². The summed E-state index contributed by atoms with van der Waals surface area (Å²) in [5.41, 5.74) is 1.68. The van der Waals surface area contributed by atoms with Crippen molar-refractivity contribution in [3.8, 4) is 0 Å². The molecule has 0 saturated carbocycles. The molecule has 0 aromatic rings. The zero-order valence-corrected chi connectivity index (χ0v) is 9.40. The summed E-state index contributed by atoms with van der Waals surface area (Å²) in [6.07, 6.45) is -1.32. The molecule has 0 aromatic carbocycles. The first kappa shape index (κ1) is 10.9. The second-order valence-electron chi connectivity index (χ2n) is 4.01. The molecule has 0 aliphatic carbocycles. The van der Waals surface area contributed by atoms with Gasteiger partial charge in [0.25, 0.3) is 0 Å². The summed E-state index contributed by atoms with van der Waals surface area (Å²) in [6, 6.07) is 0. The molecule has 1 atom stereocenters. The molecule has 0 radical (unpaired) electrons. The number of aliphatic hydroxyl groups excluding tert-OH is 1. The third-order valence-electron chi connectivity index (χ3n) is 3.10. The molecule has 0 amide bonds. The molecule has 0 aromatic heterocycles. The standard InChI is InChI=1S/C11H13NO4/c1-5-6(2)12(3)11(15)9-7(13)4-8(14)16-10(5)9/h11,15H,4H2,1-3H3. The second-order valence-corrected chi connectivity index (χ2v) is 4.01. The summed E-state index contributed by atoms with van der Waals surface area (Å²) in [7, 11) is 1.69. The molecular formula is C11H13NO4. The largest absolute Gasteiger partial charge is 0.425 e. The van der Waals surface area contributed by atoms with Crippen LogP contribution in [0.5, 0.6) is 0 Å². The van der Waals surface area contributed by atoms with E-state index in [9.17, 15) is 14.7 Å². The van der Waals surface area contributed by atoms with Crippen molar-refractivity contribution in [1.29, 1.82) is 0 Å². The van der Waals surface area contributed by atoms with E-state index in [0.29, 0.717) is 5.57 Å². The van der Waals surface area contributed by atoms with Crippen LogP contribution < -0.4 is 0 Å². The van der Waals surface area contributed by atoms with Gasteiger partial charge in [0.05, 0.1) is 5.57 Å². The number of esters is 1. The molecule has 16 heavy (non-hydrogen) atoms.